The third-order valence-corrected chi connectivity index (χ3v) is 2.59. The van der Waals surface area contributed by atoms with E-state index < -0.39 is 18.3 Å². The fourth-order valence-corrected chi connectivity index (χ4v) is 1.69. The first-order valence-electron chi connectivity index (χ1n) is 5.93. The highest BCUT2D eigenvalue weighted by Gasteiger charge is 2.08. The van der Waals surface area contributed by atoms with Gasteiger partial charge in [0.15, 0.2) is 0 Å². The monoisotopic (exact) mass is 250 g/mol. The van der Waals surface area contributed by atoms with Crippen molar-refractivity contribution in [3.05, 3.63) is 24.3 Å². The van der Waals surface area contributed by atoms with Gasteiger partial charge < -0.3 is 15.3 Å². The summed E-state index contributed by atoms with van der Waals surface area (Å²) < 4.78 is 0. The van der Waals surface area contributed by atoms with Gasteiger partial charge in [0.2, 0.25) is 5.91 Å². The second-order valence-electron chi connectivity index (χ2n) is 3.84. The van der Waals surface area contributed by atoms with E-state index in [2.05, 4.69) is 24.1 Å². The van der Waals surface area contributed by atoms with E-state index in [0.717, 1.165) is 18.8 Å². The molecule has 0 aromatic heterocycles. The summed E-state index contributed by atoms with van der Waals surface area (Å²) in [5, 5.41) is 11.0. The van der Waals surface area contributed by atoms with Crippen molar-refractivity contribution in [2.75, 3.05) is 23.3 Å². The topological polar surface area (TPSA) is 69.6 Å². The van der Waals surface area contributed by atoms with Crippen molar-refractivity contribution in [2.45, 2.75) is 20.3 Å². The number of anilines is 2. The van der Waals surface area contributed by atoms with Crippen LogP contribution in [-0.4, -0.2) is 30.1 Å². The molecule has 0 saturated carbocycles. The number of carbonyl (C=O) groups is 2. The summed E-state index contributed by atoms with van der Waals surface area (Å²) in [6.07, 6.45) is -0.516. The molecule has 18 heavy (non-hydrogen) atoms. The standard InChI is InChI=1S/C13H18N2O3/c1-3-15(4-2)11-7-5-10(6-8-11)14-12(16)9-13(17)18/h5-8H,3-4,9H2,1-2H3,(H,14,16)(H,17,18). The van der Waals surface area contributed by atoms with Crippen LogP contribution in [-0.2, 0) is 9.59 Å². The van der Waals surface area contributed by atoms with Crippen molar-refractivity contribution in [3.8, 4) is 0 Å². The van der Waals surface area contributed by atoms with Gasteiger partial charge in [-0.15, -0.1) is 0 Å². The van der Waals surface area contributed by atoms with Crippen LogP contribution in [0.4, 0.5) is 11.4 Å². The van der Waals surface area contributed by atoms with Crippen molar-refractivity contribution in [1.29, 1.82) is 0 Å². The minimum atomic E-state index is -1.13. The van der Waals surface area contributed by atoms with Crippen molar-refractivity contribution in [3.63, 3.8) is 0 Å². The molecule has 0 bridgehead atoms. The van der Waals surface area contributed by atoms with Crippen LogP contribution >= 0.6 is 0 Å². The van der Waals surface area contributed by atoms with Crippen molar-refractivity contribution >= 4 is 23.3 Å². The number of nitrogens with zero attached hydrogens (tertiary/aromatic N) is 1. The van der Waals surface area contributed by atoms with Gasteiger partial charge in [-0.2, -0.15) is 0 Å². The molecule has 0 saturated heterocycles. The number of amides is 1. The number of carboxylic acids is 1. The molecule has 1 aromatic rings. The van der Waals surface area contributed by atoms with E-state index in [1.54, 1.807) is 12.1 Å². The molecule has 0 atom stereocenters. The van der Waals surface area contributed by atoms with Gasteiger partial charge in [0.1, 0.15) is 6.42 Å². The van der Waals surface area contributed by atoms with Crippen LogP contribution in [0.5, 0.6) is 0 Å². The molecule has 0 aliphatic rings. The Morgan fingerprint density at radius 3 is 2.17 bits per heavy atom. The molecule has 1 rings (SSSR count). The average Bonchev–Trinajstić information content (AvgIpc) is 2.31. The van der Waals surface area contributed by atoms with Crippen molar-refractivity contribution < 1.29 is 14.7 Å². The van der Waals surface area contributed by atoms with Gasteiger partial charge in [0.25, 0.3) is 0 Å². The highest BCUT2D eigenvalue weighted by atomic mass is 16.4. The molecular formula is C13H18N2O3. The summed E-state index contributed by atoms with van der Waals surface area (Å²) in [6.45, 7) is 5.99. The smallest absolute Gasteiger partial charge is 0.312 e. The van der Waals surface area contributed by atoms with Crippen LogP contribution in [0.15, 0.2) is 24.3 Å². The first kappa shape index (κ1) is 14.0. The Hall–Kier alpha value is -2.04. The quantitative estimate of drug-likeness (QED) is 0.757. The molecule has 0 heterocycles. The first-order valence-corrected chi connectivity index (χ1v) is 5.93. The lowest BCUT2D eigenvalue weighted by atomic mass is 10.2. The van der Waals surface area contributed by atoms with Gasteiger partial charge in [0.05, 0.1) is 0 Å². The first-order chi connectivity index (χ1) is 8.56. The molecule has 5 heteroatoms. The summed E-state index contributed by atoms with van der Waals surface area (Å²) in [6, 6.07) is 7.35. The number of aliphatic carboxylic acids is 1. The number of rotatable bonds is 6. The van der Waals surface area contributed by atoms with Gasteiger partial charge in [-0.05, 0) is 38.1 Å². The molecule has 5 nitrogen and oxygen atoms in total. The Kier molecular flexibility index (Phi) is 5.17. The van der Waals surface area contributed by atoms with Crippen LogP contribution in [0, 0.1) is 0 Å². The second-order valence-corrected chi connectivity index (χ2v) is 3.84. The Morgan fingerprint density at radius 2 is 1.72 bits per heavy atom. The normalized spacial score (nSPS) is 9.89. The van der Waals surface area contributed by atoms with Crippen molar-refractivity contribution in [2.24, 2.45) is 0 Å². The van der Waals surface area contributed by atoms with E-state index in [0.29, 0.717) is 5.69 Å². The van der Waals surface area contributed by atoms with E-state index in [-0.39, 0.29) is 0 Å². The van der Waals surface area contributed by atoms with Gasteiger partial charge in [-0.25, -0.2) is 0 Å². The van der Waals surface area contributed by atoms with E-state index in [9.17, 15) is 9.59 Å². The van der Waals surface area contributed by atoms with Gasteiger partial charge >= 0.3 is 5.97 Å². The Balaban J connectivity index is 2.65. The lowest BCUT2D eigenvalue weighted by Gasteiger charge is -2.21. The van der Waals surface area contributed by atoms with Crippen LogP contribution in [0.1, 0.15) is 20.3 Å². The zero-order valence-corrected chi connectivity index (χ0v) is 10.6. The second kappa shape index (κ2) is 6.64. The Labute approximate surface area is 106 Å². The van der Waals surface area contributed by atoms with Crippen LogP contribution in [0.3, 0.4) is 0 Å². The molecule has 2 N–H and O–H groups in total. The fraction of sp³-hybridized carbons (Fsp3) is 0.385. The van der Waals surface area contributed by atoms with Crippen LogP contribution < -0.4 is 10.2 Å². The summed E-state index contributed by atoms with van der Waals surface area (Å²) in [4.78, 5) is 23.8. The predicted octanol–water partition coefficient (Wildman–Crippen LogP) is 1.95. The highest BCUT2D eigenvalue weighted by molar-refractivity contribution is 6.01. The summed E-state index contributed by atoms with van der Waals surface area (Å²) in [5.41, 5.74) is 1.69. The van der Waals surface area contributed by atoms with Crippen LogP contribution in [0.25, 0.3) is 0 Å². The Morgan fingerprint density at radius 1 is 1.17 bits per heavy atom. The Bertz CT molecular complexity index is 411. The fourth-order valence-electron chi connectivity index (χ4n) is 1.69. The zero-order chi connectivity index (χ0) is 13.5. The third kappa shape index (κ3) is 4.08. The molecule has 0 spiro atoms. The highest BCUT2D eigenvalue weighted by Crippen LogP contribution is 2.17. The minimum absolute atomic E-state index is 0.516. The molecule has 1 amide bonds. The molecular weight excluding hydrogens is 232 g/mol. The maximum Gasteiger partial charge on any atom is 0.312 e. The molecule has 0 radical (unpaired) electrons. The SMILES string of the molecule is CCN(CC)c1ccc(NC(=O)CC(=O)O)cc1. The predicted molar refractivity (Wildman–Crippen MR) is 70.9 cm³/mol. The number of hydrogen-bond donors (Lipinski definition) is 2. The van der Waals surface area contributed by atoms with Gasteiger partial charge in [0, 0.05) is 24.5 Å². The van der Waals surface area contributed by atoms with E-state index in [1.165, 1.54) is 0 Å². The molecule has 0 aliphatic heterocycles. The van der Waals surface area contributed by atoms with Gasteiger partial charge in [-0.3, -0.25) is 9.59 Å². The molecule has 1 aromatic carbocycles. The third-order valence-electron chi connectivity index (χ3n) is 2.59. The summed E-state index contributed by atoms with van der Waals surface area (Å²) >= 11 is 0. The number of nitrogens with one attached hydrogen (secondary N) is 1. The van der Waals surface area contributed by atoms with E-state index >= 15 is 0 Å². The molecule has 0 unspecified atom stereocenters. The largest absolute Gasteiger partial charge is 0.481 e. The molecule has 0 fully saturated rings. The van der Waals surface area contributed by atoms with E-state index in [4.69, 9.17) is 5.11 Å². The summed E-state index contributed by atoms with van der Waals surface area (Å²) in [5.74, 6) is -1.65. The maximum absolute atomic E-state index is 11.3. The maximum atomic E-state index is 11.3. The zero-order valence-electron chi connectivity index (χ0n) is 10.6. The van der Waals surface area contributed by atoms with Gasteiger partial charge in [-0.1, -0.05) is 0 Å². The summed E-state index contributed by atoms with van der Waals surface area (Å²) in [7, 11) is 0. The molecule has 0 aliphatic carbocycles. The number of benzene rings is 1. The lowest BCUT2D eigenvalue weighted by molar-refractivity contribution is -0.139. The number of hydrogen-bond acceptors (Lipinski definition) is 3. The van der Waals surface area contributed by atoms with Crippen LogP contribution in [0.2, 0.25) is 0 Å². The lowest BCUT2D eigenvalue weighted by Crippen LogP contribution is -2.21. The van der Waals surface area contributed by atoms with E-state index in [1.807, 2.05) is 12.1 Å². The number of carbonyl (C=O) groups excluding carboxylic acids is 1. The number of carboxylic acid groups (broad SMARTS) is 1. The minimum Gasteiger partial charge on any atom is -0.481 e. The average molecular weight is 250 g/mol. The molecule has 98 valence electrons. The van der Waals surface area contributed by atoms with Crippen molar-refractivity contribution in [1.82, 2.24) is 0 Å².